The van der Waals surface area contributed by atoms with Crippen molar-refractivity contribution in [1.29, 1.82) is 0 Å². The molecule has 1 saturated heterocycles. The van der Waals surface area contributed by atoms with Crippen molar-refractivity contribution >= 4 is 29.1 Å². The summed E-state index contributed by atoms with van der Waals surface area (Å²) in [4.78, 5) is 15.9. The minimum absolute atomic E-state index is 0.0439. The summed E-state index contributed by atoms with van der Waals surface area (Å²) < 4.78 is 18.8. The maximum atomic E-state index is 13.4. The van der Waals surface area contributed by atoms with Crippen molar-refractivity contribution in [3.8, 4) is 0 Å². The van der Waals surface area contributed by atoms with E-state index in [1.807, 2.05) is 25.7 Å². The number of nitrogen functional groups attached to an aromatic ring is 1. The van der Waals surface area contributed by atoms with Gasteiger partial charge in [0.15, 0.2) is 0 Å². The van der Waals surface area contributed by atoms with Crippen LogP contribution in [-0.2, 0) is 4.74 Å². The number of carbonyl (C=O) groups is 1. The summed E-state index contributed by atoms with van der Waals surface area (Å²) >= 11 is 5.86. The molecule has 7 heteroatoms. The van der Waals surface area contributed by atoms with Crippen molar-refractivity contribution in [3.05, 3.63) is 23.0 Å². The molecular weight excluding hydrogens is 321 g/mol. The van der Waals surface area contributed by atoms with E-state index in [-0.39, 0.29) is 11.1 Å². The highest BCUT2D eigenvalue weighted by atomic mass is 35.5. The number of hydrogen-bond donors (Lipinski definition) is 1. The van der Waals surface area contributed by atoms with Crippen LogP contribution in [0.2, 0.25) is 5.02 Å². The van der Waals surface area contributed by atoms with E-state index < -0.39 is 11.4 Å². The molecular formula is C16H23ClFN3O2. The summed E-state index contributed by atoms with van der Waals surface area (Å²) in [6.45, 7) is 7.96. The number of carbonyl (C=O) groups excluding carboxylic acids is 1. The molecule has 1 amide bonds. The van der Waals surface area contributed by atoms with Gasteiger partial charge in [-0.2, -0.15) is 0 Å². The lowest BCUT2D eigenvalue weighted by atomic mass is 10.2. The van der Waals surface area contributed by atoms with Crippen molar-refractivity contribution in [2.75, 3.05) is 36.8 Å². The Morgan fingerprint density at radius 2 is 1.96 bits per heavy atom. The Kier molecular flexibility index (Phi) is 5.24. The molecule has 2 N–H and O–H groups in total. The number of rotatable bonds is 1. The fourth-order valence-electron chi connectivity index (χ4n) is 2.49. The first-order valence-electron chi connectivity index (χ1n) is 7.65. The van der Waals surface area contributed by atoms with Crippen LogP contribution in [-0.4, -0.2) is 42.8 Å². The van der Waals surface area contributed by atoms with Crippen molar-refractivity contribution in [2.45, 2.75) is 32.8 Å². The smallest absolute Gasteiger partial charge is 0.410 e. The summed E-state index contributed by atoms with van der Waals surface area (Å²) in [5, 5.41) is 0.0439. The number of nitrogens with zero attached hydrogens (tertiary/aromatic N) is 2. The Balaban J connectivity index is 2.07. The van der Waals surface area contributed by atoms with Crippen molar-refractivity contribution in [1.82, 2.24) is 4.90 Å². The zero-order valence-electron chi connectivity index (χ0n) is 13.7. The highest BCUT2D eigenvalue weighted by Crippen LogP contribution is 2.30. The molecule has 23 heavy (non-hydrogen) atoms. The Labute approximate surface area is 141 Å². The molecule has 1 aromatic carbocycles. The van der Waals surface area contributed by atoms with Gasteiger partial charge in [0.25, 0.3) is 0 Å². The van der Waals surface area contributed by atoms with Gasteiger partial charge in [0, 0.05) is 32.2 Å². The molecule has 0 saturated carbocycles. The fourth-order valence-corrected chi connectivity index (χ4v) is 2.65. The van der Waals surface area contributed by atoms with Crippen molar-refractivity contribution < 1.29 is 13.9 Å². The lowest BCUT2D eigenvalue weighted by molar-refractivity contribution is 0.0263. The third-order valence-electron chi connectivity index (χ3n) is 3.56. The molecule has 0 unspecified atom stereocenters. The van der Waals surface area contributed by atoms with Crippen LogP contribution in [0, 0.1) is 5.82 Å². The molecule has 0 bridgehead atoms. The van der Waals surface area contributed by atoms with Gasteiger partial charge in [-0.25, -0.2) is 9.18 Å². The van der Waals surface area contributed by atoms with Gasteiger partial charge in [-0.15, -0.1) is 0 Å². The average Bonchev–Trinajstić information content (AvgIpc) is 2.67. The maximum Gasteiger partial charge on any atom is 0.410 e. The van der Waals surface area contributed by atoms with Crippen LogP contribution >= 0.6 is 11.6 Å². The van der Waals surface area contributed by atoms with Crippen molar-refractivity contribution in [2.24, 2.45) is 0 Å². The van der Waals surface area contributed by atoms with E-state index in [0.29, 0.717) is 37.6 Å². The van der Waals surface area contributed by atoms with Crippen molar-refractivity contribution in [3.63, 3.8) is 0 Å². The quantitative estimate of drug-likeness (QED) is 0.793. The number of amides is 1. The molecule has 0 atom stereocenters. The first-order valence-corrected chi connectivity index (χ1v) is 8.02. The number of halogens is 2. The van der Waals surface area contributed by atoms with Gasteiger partial charge in [-0.05, 0) is 33.3 Å². The first-order chi connectivity index (χ1) is 10.7. The minimum Gasteiger partial charge on any atom is -0.444 e. The van der Waals surface area contributed by atoms with E-state index in [9.17, 15) is 9.18 Å². The Bertz CT molecular complexity index is 589. The Morgan fingerprint density at radius 1 is 1.26 bits per heavy atom. The molecule has 1 aliphatic heterocycles. The highest BCUT2D eigenvalue weighted by Gasteiger charge is 2.25. The number of nitrogens with two attached hydrogens (primary N) is 1. The second kappa shape index (κ2) is 6.83. The summed E-state index contributed by atoms with van der Waals surface area (Å²) in [7, 11) is 0. The molecule has 1 aliphatic rings. The summed E-state index contributed by atoms with van der Waals surface area (Å²) in [6.07, 6.45) is 0.456. The first kappa shape index (κ1) is 17.7. The second-order valence-corrected chi connectivity index (χ2v) is 7.04. The molecule has 0 aliphatic carbocycles. The molecule has 0 spiro atoms. The zero-order valence-corrected chi connectivity index (χ0v) is 14.5. The summed E-state index contributed by atoms with van der Waals surface area (Å²) in [5.41, 5.74) is 6.43. The average molecular weight is 344 g/mol. The maximum absolute atomic E-state index is 13.4. The second-order valence-electron chi connectivity index (χ2n) is 6.63. The van der Waals surface area contributed by atoms with Gasteiger partial charge in [0.2, 0.25) is 0 Å². The third-order valence-corrected chi connectivity index (χ3v) is 3.85. The lowest BCUT2D eigenvalue weighted by Gasteiger charge is -2.27. The lowest BCUT2D eigenvalue weighted by Crippen LogP contribution is -2.39. The number of hydrogen-bond acceptors (Lipinski definition) is 4. The molecule has 1 heterocycles. The number of anilines is 2. The van der Waals surface area contributed by atoms with Gasteiger partial charge >= 0.3 is 6.09 Å². The number of benzene rings is 1. The zero-order chi connectivity index (χ0) is 17.2. The predicted octanol–water partition coefficient (Wildman–Crippen LogP) is 3.51. The molecule has 0 radical (unpaired) electrons. The van der Waals surface area contributed by atoms with E-state index in [1.165, 1.54) is 12.1 Å². The third kappa shape index (κ3) is 4.64. The Morgan fingerprint density at radius 3 is 2.61 bits per heavy atom. The van der Waals surface area contributed by atoms with E-state index in [2.05, 4.69) is 0 Å². The number of ether oxygens (including phenoxy) is 1. The largest absolute Gasteiger partial charge is 0.444 e. The fraction of sp³-hybridized carbons (Fsp3) is 0.562. The minimum atomic E-state index is -0.530. The molecule has 5 nitrogen and oxygen atoms in total. The Hall–Kier alpha value is -1.69. The highest BCUT2D eigenvalue weighted by molar-refractivity contribution is 6.31. The molecule has 1 fully saturated rings. The van der Waals surface area contributed by atoms with Gasteiger partial charge in [-0.1, -0.05) is 11.6 Å². The van der Waals surface area contributed by atoms with E-state index in [1.54, 1.807) is 4.90 Å². The summed E-state index contributed by atoms with van der Waals surface area (Å²) in [6, 6.07) is 2.77. The predicted molar refractivity (Wildman–Crippen MR) is 90.5 cm³/mol. The van der Waals surface area contributed by atoms with E-state index in [4.69, 9.17) is 22.1 Å². The monoisotopic (exact) mass is 343 g/mol. The van der Waals surface area contributed by atoms with Crippen LogP contribution in [0.25, 0.3) is 0 Å². The standard InChI is InChI=1S/C16H23ClFN3O2/c1-16(2,3)23-15(22)21-6-4-5-20(7-8-21)14-9-11(17)12(18)10-13(14)19/h9-10H,4-8,19H2,1-3H3. The summed E-state index contributed by atoms with van der Waals surface area (Å²) in [5.74, 6) is -0.530. The molecule has 128 valence electrons. The van der Waals surface area contributed by atoms with Crippen LogP contribution < -0.4 is 10.6 Å². The van der Waals surface area contributed by atoms with Crippen LogP contribution in [0.15, 0.2) is 12.1 Å². The van der Waals surface area contributed by atoms with Crippen LogP contribution in [0.3, 0.4) is 0 Å². The molecule has 2 rings (SSSR count). The normalized spacial score (nSPS) is 16.2. The van der Waals surface area contributed by atoms with Crippen LogP contribution in [0.5, 0.6) is 0 Å². The van der Waals surface area contributed by atoms with Gasteiger partial charge in [0.1, 0.15) is 11.4 Å². The van der Waals surface area contributed by atoms with Gasteiger partial charge < -0.3 is 20.3 Å². The molecule has 1 aromatic rings. The SMILES string of the molecule is CC(C)(C)OC(=O)N1CCCN(c2cc(Cl)c(F)cc2N)CC1. The molecule has 0 aromatic heterocycles. The van der Waals surface area contributed by atoms with Crippen LogP contribution in [0.1, 0.15) is 27.2 Å². The van der Waals surface area contributed by atoms with Crippen LogP contribution in [0.4, 0.5) is 20.6 Å². The van der Waals surface area contributed by atoms with E-state index >= 15 is 0 Å². The van der Waals surface area contributed by atoms with Gasteiger partial charge in [0.05, 0.1) is 16.4 Å². The van der Waals surface area contributed by atoms with E-state index in [0.717, 1.165) is 6.42 Å². The topological polar surface area (TPSA) is 58.8 Å². The van der Waals surface area contributed by atoms with Gasteiger partial charge in [-0.3, -0.25) is 0 Å².